The van der Waals surface area contributed by atoms with Gasteiger partial charge in [-0.05, 0) is 38.5 Å². The van der Waals surface area contributed by atoms with Crippen molar-refractivity contribution in [3.05, 3.63) is 29.1 Å². The standard InChI is InChI=1S/C15H17FN2O5/c1-15(2,3)23-14(22)18-11(13(20)21)6-8-4-9(7-17)12(19)10(16)5-8/h4-5,11,19H,6H2,1-3H3,(H,18,22)(H,20,21). The van der Waals surface area contributed by atoms with E-state index in [9.17, 15) is 19.1 Å². The van der Waals surface area contributed by atoms with Gasteiger partial charge in [0.05, 0.1) is 5.56 Å². The predicted molar refractivity (Wildman–Crippen MR) is 77.3 cm³/mol. The van der Waals surface area contributed by atoms with Crippen LogP contribution >= 0.6 is 0 Å². The Balaban J connectivity index is 2.94. The number of nitrogens with zero attached hydrogens (tertiary/aromatic N) is 1. The van der Waals surface area contributed by atoms with Crippen molar-refractivity contribution in [2.75, 3.05) is 0 Å². The van der Waals surface area contributed by atoms with Crippen molar-refractivity contribution < 1.29 is 28.9 Å². The molecule has 0 spiro atoms. The molecule has 0 radical (unpaired) electrons. The second-order valence-electron chi connectivity index (χ2n) is 5.83. The van der Waals surface area contributed by atoms with E-state index in [0.29, 0.717) is 0 Å². The van der Waals surface area contributed by atoms with Crippen LogP contribution in [-0.2, 0) is 16.0 Å². The van der Waals surface area contributed by atoms with Crippen molar-refractivity contribution in [1.82, 2.24) is 5.32 Å². The fraction of sp³-hybridized carbons (Fsp3) is 0.400. The van der Waals surface area contributed by atoms with Gasteiger partial charge in [-0.25, -0.2) is 14.0 Å². The summed E-state index contributed by atoms with van der Waals surface area (Å²) in [6.45, 7) is 4.87. The summed E-state index contributed by atoms with van der Waals surface area (Å²) >= 11 is 0. The molecule has 0 aliphatic rings. The first-order chi connectivity index (χ1) is 10.5. The fourth-order valence-electron chi connectivity index (χ4n) is 1.74. The maximum absolute atomic E-state index is 13.5. The Kier molecular flexibility index (Phi) is 5.52. The molecule has 1 amide bonds. The first-order valence-corrected chi connectivity index (χ1v) is 6.67. The van der Waals surface area contributed by atoms with E-state index in [2.05, 4.69) is 5.32 Å². The quantitative estimate of drug-likeness (QED) is 0.778. The zero-order chi connectivity index (χ0) is 17.8. The monoisotopic (exact) mass is 324 g/mol. The van der Waals surface area contributed by atoms with Gasteiger partial charge in [-0.2, -0.15) is 5.26 Å². The maximum atomic E-state index is 13.5. The molecular formula is C15H17FN2O5. The van der Waals surface area contributed by atoms with Crippen LogP contribution in [-0.4, -0.2) is 33.9 Å². The summed E-state index contributed by atoms with van der Waals surface area (Å²) in [4.78, 5) is 22.9. The summed E-state index contributed by atoms with van der Waals surface area (Å²) < 4.78 is 18.5. The number of carboxylic acids is 1. The number of carboxylic acid groups (broad SMARTS) is 1. The van der Waals surface area contributed by atoms with Crippen molar-refractivity contribution in [2.24, 2.45) is 0 Å². The maximum Gasteiger partial charge on any atom is 0.408 e. The molecule has 7 nitrogen and oxygen atoms in total. The number of carbonyl (C=O) groups excluding carboxylic acids is 1. The number of benzene rings is 1. The first-order valence-electron chi connectivity index (χ1n) is 6.67. The van der Waals surface area contributed by atoms with Gasteiger partial charge in [0.25, 0.3) is 0 Å². The minimum atomic E-state index is -1.37. The van der Waals surface area contributed by atoms with Gasteiger partial charge in [0.15, 0.2) is 11.6 Å². The van der Waals surface area contributed by atoms with Crippen LogP contribution in [0.1, 0.15) is 31.9 Å². The van der Waals surface area contributed by atoms with Crippen molar-refractivity contribution in [2.45, 2.75) is 38.8 Å². The van der Waals surface area contributed by atoms with Crippen molar-refractivity contribution in [1.29, 1.82) is 5.26 Å². The van der Waals surface area contributed by atoms with Gasteiger partial charge in [0, 0.05) is 6.42 Å². The summed E-state index contributed by atoms with van der Waals surface area (Å²) in [5.41, 5.74) is -0.979. The number of hydrogen-bond donors (Lipinski definition) is 3. The lowest BCUT2D eigenvalue weighted by Gasteiger charge is -2.22. The molecule has 23 heavy (non-hydrogen) atoms. The SMILES string of the molecule is CC(C)(C)OC(=O)NC(Cc1cc(F)c(O)c(C#N)c1)C(=O)O. The molecule has 0 saturated heterocycles. The second-order valence-corrected chi connectivity index (χ2v) is 5.83. The van der Waals surface area contributed by atoms with Crippen LogP contribution in [0.25, 0.3) is 0 Å². The lowest BCUT2D eigenvalue weighted by molar-refractivity contribution is -0.139. The van der Waals surface area contributed by atoms with E-state index in [0.717, 1.165) is 12.1 Å². The molecule has 124 valence electrons. The molecule has 1 unspecified atom stereocenters. The topological polar surface area (TPSA) is 120 Å². The minimum Gasteiger partial charge on any atom is -0.504 e. The van der Waals surface area contributed by atoms with E-state index in [1.54, 1.807) is 26.8 Å². The third-order valence-electron chi connectivity index (χ3n) is 2.67. The van der Waals surface area contributed by atoms with Gasteiger partial charge in [-0.3, -0.25) is 0 Å². The van der Waals surface area contributed by atoms with Crippen LogP contribution in [0, 0.1) is 17.1 Å². The smallest absolute Gasteiger partial charge is 0.408 e. The number of amides is 1. The van der Waals surface area contributed by atoms with Gasteiger partial charge in [-0.1, -0.05) is 0 Å². The Morgan fingerprint density at radius 3 is 2.52 bits per heavy atom. The summed E-state index contributed by atoms with van der Waals surface area (Å²) in [7, 11) is 0. The van der Waals surface area contributed by atoms with E-state index in [1.165, 1.54) is 0 Å². The normalized spacial score (nSPS) is 12.1. The highest BCUT2D eigenvalue weighted by Crippen LogP contribution is 2.23. The lowest BCUT2D eigenvalue weighted by Crippen LogP contribution is -2.44. The number of halogens is 1. The van der Waals surface area contributed by atoms with Crippen LogP contribution in [0.2, 0.25) is 0 Å². The minimum absolute atomic E-state index is 0.139. The number of rotatable bonds is 4. The average molecular weight is 324 g/mol. The fourth-order valence-corrected chi connectivity index (χ4v) is 1.74. The van der Waals surface area contributed by atoms with Crippen molar-refractivity contribution in [3.63, 3.8) is 0 Å². The number of nitrogens with one attached hydrogen (secondary N) is 1. The van der Waals surface area contributed by atoms with Gasteiger partial charge >= 0.3 is 12.1 Å². The average Bonchev–Trinajstić information content (AvgIpc) is 2.39. The molecule has 0 fully saturated rings. The Hall–Kier alpha value is -2.82. The zero-order valence-electron chi connectivity index (χ0n) is 12.9. The number of alkyl carbamates (subject to hydrolysis) is 1. The van der Waals surface area contributed by atoms with E-state index in [1.807, 2.05) is 0 Å². The highest BCUT2D eigenvalue weighted by molar-refractivity contribution is 5.80. The number of hydrogen-bond acceptors (Lipinski definition) is 5. The molecule has 3 N–H and O–H groups in total. The third kappa shape index (κ3) is 5.47. The molecule has 0 aromatic heterocycles. The molecule has 8 heteroatoms. The lowest BCUT2D eigenvalue weighted by atomic mass is 10.0. The number of phenolic OH excluding ortho intramolecular Hbond substituents is 1. The Labute approximate surface area is 132 Å². The predicted octanol–water partition coefficient (Wildman–Crippen LogP) is 1.92. The van der Waals surface area contributed by atoms with E-state index in [-0.39, 0.29) is 17.5 Å². The number of aliphatic carboxylic acids is 1. The summed E-state index contributed by atoms with van der Waals surface area (Å²) in [5.74, 6) is -3.19. The molecule has 0 aliphatic carbocycles. The van der Waals surface area contributed by atoms with E-state index < -0.39 is 35.3 Å². The van der Waals surface area contributed by atoms with Gasteiger partial charge in [-0.15, -0.1) is 0 Å². The van der Waals surface area contributed by atoms with Crippen molar-refractivity contribution in [3.8, 4) is 11.8 Å². The molecule has 0 heterocycles. The van der Waals surface area contributed by atoms with Gasteiger partial charge in [0.2, 0.25) is 0 Å². The van der Waals surface area contributed by atoms with Gasteiger partial charge < -0.3 is 20.3 Å². The first kappa shape index (κ1) is 18.2. The molecule has 1 atom stereocenters. The number of ether oxygens (including phenoxy) is 1. The van der Waals surface area contributed by atoms with Crippen LogP contribution in [0.5, 0.6) is 5.75 Å². The number of phenols is 1. The number of aromatic hydroxyl groups is 1. The number of carbonyl (C=O) groups is 2. The Morgan fingerprint density at radius 1 is 1.43 bits per heavy atom. The van der Waals surface area contributed by atoms with Crippen LogP contribution < -0.4 is 5.32 Å². The molecule has 0 saturated carbocycles. The largest absolute Gasteiger partial charge is 0.504 e. The van der Waals surface area contributed by atoms with Crippen LogP contribution in [0.4, 0.5) is 9.18 Å². The van der Waals surface area contributed by atoms with Crippen LogP contribution in [0.15, 0.2) is 12.1 Å². The van der Waals surface area contributed by atoms with Crippen molar-refractivity contribution >= 4 is 12.1 Å². The van der Waals surface area contributed by atoms with Gasteiger partial charge in [0.1, 0.15) is 17.7 Å². The Morgan fingerprint density at radius 2 is 2.04 bits per heavy atom. The summed E-state index contributed by atoms with van der Waals surface area (Å²) in [6.07, 6.45) is -1.20. The van der Waals surface area contributed by atoms with Crippen LogP contribution in [0.3, 0.4) is 0 Å². The second kappa shape index (κ2) is 6.96. The number of nitriles is 1. The van der Waals surface area contributed by atoms with E-state index in [4.69, 9.17) is 15.1 Å². The summed E-state index contributed by atoms with van der Waals surface area (Å²) in [5, 5.41) is 29.5. The van der Waals surface area contributed by atoms with E-state index >= 15 is 0 Å². The molecule has 0 aliphatic heterocycles. The molecule has 1 aromatic carbocycles. The molecule has 0 bridgehead atoms. The molecule has 1 aromatic rings. The molecular weight excluding hydrogens is 307 g/mol. The highest BCUT2D eigenvalue weighted by atomic mass is 19.1. The molecule has 1 rings (SSSR count). The zero-order valence-corrected chi connectivity index (χ0v) is 12.9. The Bertz CT molecular complexity index is 661. The third-order valence-corrected chi connectivity index (χ3v) is 2.67. The summed E-state index contributed by atoms with van der Waals surface area (Å²) in [6, 6.07) is 2.29. The highest BCUT2D eigenvalue weighted by Gasteiger charge is 2.25.